The summed E-state index contributed by atoms with van der Waals surface area (Å²) in [6.45, 7) is 2.09. The first-order valence-electron chi connectivity index (χ1n) is 5.84. The van der Waals surface area contributed by atoms with Crippen molar-refractivity contribution in [3.63, 3.8) is 0 Å². The standard InChI is InChI=1S/C16H15BrO/c1-12(10-11-18)13-2-4-14(5-3-13)15-6-8-16(17)9-7-15/h2-10,18H,11H2,1H3/b12-10+. The van der Waals surface area contributed by atoms with Crippen molar-refractivity contribution < 1.29 is 5.11 Å². The molecule has 0 spiro atoms. The van der Waals surface area contributed by atoms with Gasteiger partial charge in [-0.2, -0.15) is 0 Å². The monoisotopic (exact) mass is 302 g/mol. The third-order valence-electron chi connectivity index (χ3n) is 2.92. The number of hydrogen-bond donors (Lipinski definition) is 1. The lowest BCUT2D eigenvalue weighted by atomic mass is 10.0. The van der Waals surface area contributed by atoms with E-state index in [4.69, 9.17) is 5.11 Å². The molecule has 1 nitrogen and oxygen atoms in total. The fourth-order valence-corrected chi connectivity index (χ4v) is 2.09. The van der Waals surface area contributed by atoms with Crippen LogP contribution in [-0.4, -0.2) is 11.7 Å². The van der Waals surface area contributed by atoms with Crippen molar-refractivity contribution in [1.29, 1.82) is 0 Å². The maximum absolute atomic E-state index is 8.88. The average molecular weight is 303 g/mol. The molecular formula is C16H15BrO. The highest BCUT2D eigenvalue weighted by molar-refractivity contribution is 9.10. The van der Waals surface area contributed by atoms with Gasteiger partial charge in [-0.15, -0.1) is 0 Å². The Bertz CT molecular complexity index is 538. The van der Waals surface area contributed by atoms with Gasteiger partial charge in [0.1, 0.15) is 0 Å². The second kappa shape index (κ2) is 5.98. The minimum Gasteiger partial charge on any atom is -0.392 e. The van der Waals surface area contributed by atoms with Crippen LogP contribution in [0.25, 0.3) is 16.7 Å². The van der Waals surface area contributed by atoms with E-state index >= 15 is 0 Å². The molecule has 0 bridgehead atoms. The molecule has 0 saturated heterocycles. The number of hydrogen-bond acceptors (Lipinski definition) is 1. The largest absolute Gasteiger partial charge is 0.392 e. The normalized spacial score (nSPS) is 11.6. The molecule has 0 saturated carbocycles. The first kappa shape index (κ1) is 13.1. The Morgan fingerprint density at radius 3 is 2.00 bits per heavy atom. The van der Waals surface area contributed by atoms with E-state index in [2.05, 4.69) is 52.3 Å². The minimum atomic E-state index is 0.0836. The summed E-state index contributed by atoms with van der Waals surface area (Å²) in [5.41, 5.74) is 4.64. The van der Waals surface area contributed by atoms with Gasteiger partial charge in [0.25, 0.3) is 0 Å². The lowest BCUT2D eigenvalue weighted by Crippen LogP contribution is -1.83. The van der Waals surface area contributed by atoms with Crippen LogP contribution in [0.2, 0.25) is 0 Å². The summed E-state index contributed by atoms with van der Waals surface area (Å²) in [6.07, 6.45) is 1.81. The van der Waals surface area contributed by atoms with Crippen LogP contribution in [0.1, 0.15) is 12.5 Å². The predicted molar refractivity (Wildman–Crippen MR) is 80.3 cm³/mol. The molecule has 0 aliphatic carbocycles. The Balaban J connectivity index is 2.27. The van der Waals surface area contributed by atoms with E-state index in [1.54, 1.807) is 0 Å². The summed E-state index contributed by atoms with van der Waals surface area (Å²) in [6, 6.07) is 16.6. The first-order valence-corrected chi connectivity index (χ1v) is 6.64. The second-order valence-electron chi connectivity index (χ2n) is 4.15. The molecule has 0 radical (unpaired) electrons. The lowest BCUT2D eigenvalue weighted by molar-refractivity contribution is 0.343. The van der Waals surface area contributed by atoms with E-state index in [-0.39, 0.29) is 6.61 Å². The fourth-order valence-electron chi connectivity index (χ4n) is 1.82. The molecule has 0 aromatic heterocycles. The minimum absolute atomic E-state index is 0.0836. The number of rotatable bonds is 3. The van der Waals surface area contributed by atoms with Gasteiger partial charge in [-0.1, -0.05) is 58.4 Å². The number of allylic oxidation sites excluding steroid dienone is 1. The summed E-state index contributed by atoms with van der Waals surface area (Å²) in [7, 11) is 0. The van der Waals surface area contributed by atoms with Crippen molar-refractivity contribution in [2.75, 3.05) is 6.61 Å². The van der Waals surface area contributed by atoms with Gasteiger partial charge in [-0.3, -0.25) is 0 Å². The Kier molecular flexibility index (Phi) is 4.34. The zero-order valence-corrected chi connectivity index (χ0v) is 11.8. The molecule has 0 atom stereocenters. The van der Waals surface area contributed by atoms with Crippen molar-refractivity contribution >= 4 is 21.5 Å². The molecule has 92 valence electrons. The topological polar surface area (TPSA) is 20.2 Å². The van der Waals surface area contributed by atoms with Gasteiger partial charge in [0.05, 0.1) is 6.61 Å². The summed E-state index contributed by atoms with van der Waals surface area (Å²) in [4.78, 5) is 0. The van der Waals surface area contributed by atoms with E-state index in [0.29, 0.717) is 0 Å². The van der Waals surface area contributed by atoms with Crippen molar-refractivity contribution in [3.05, 3.63) is 64.6 Å². The molecular weight excluding hydrogens is 288 g/mol. The van der Waals surface area contributed by atoms with E-state index in [1.807, 2.05) is 25.1 Å². The molecule has 1 N–H and O–H groups in total. The van der Waals surface area contributed by atoms with E-state index in [0.717, 1.165) is 15.6 Å². The third kappa shape index (κ3) is 3.09. The summed E-state index contributed by atoms with van der Waals surface area (Å²) < 4.78 is 1.09. The van der Waals surface area contributed by atoms with Gasteiger partial charge in [-0.25, -0.2) is 0 Å². The lowest BCUT2D eigenvalue weighted by Gasteiger charge is -2.05. The van der Waals surface area contributed by atoms with Gasteiger partial charge in [0.15, 0.2) is 0 Å². The van der Waals surface area contributed by atoms with Crippen molar-refractivity contribution in [1.82, 2.24) is 0 Å². The SMILES string of the molecule is C/C(=C\CO)c1ccc(-c2ccc(Br)cc2)cc1. The van der Waals surface area contributed by atoms with Crippen molar-refractivity contribution in [2.45, 2.75) is 6.92 Å². The molecule has 0 fully saturated rings. The van der Waals surface area contributed by atoms with Crippen LogP contribution >= 0.6 is 15.9 Å². The number of aliphatic hydroxyl groups excluding tert-OH is 1. The fraction of sp³-hybridized carbons (Fsp3) is 0.125. The van der Waals surface area contributed by atoms with Gasteiger partial charge in [0, 0.05) is 4.47 Å². The highest BCUT2D eigenvalue weighted by Crippen LogP contribution is 2.23. The van der Waals surface area contributed by atoms with Crippen LogP contribution in [-0.2, 0) is 0 Å². The van der Waals surface area contributed by atoms with Crippen LogP contribution in [0.5, 0.6) is 0 Å². The number of aliphatic hydroxyl groups is 1. The van der Waals surface area contributed by atoms with Gasteiger partial charge in [0.2, 0.25) is 0 Å². The molecule has 2 aromatic carbocycles. The van der Waals surface area contributed by atoms with Crippen molar-refractivity contribution in [2.24, 2.45) is 0 Å². The Morgan fingerprint density at radius 1 is 1.00 bits per heavy atom. The molecule has 18 heavy (non-hydrogen) atoms. The second-order valence-corrected chi connectivity index (χ2v) is 5.07. The van der Waals surface area contributed by atoms with Crippen LogP contribution in [0.4, 0.5) is 0 Å². The van der Waals surface area contributed by atoms with E-state index < -0.39 is 0 Å². The molecule has 2 aromatic rings. The first-order chi connectivity index (χ1) is 8.70. The molecule has 0 amide bonds. The molecule has 2 rings (SSSR count). The Labute approximate surface area is 116 Å². The van der Waals surface area contributed by atoms with E-state index in [1.165, 1.54) is 11.1 Å². The summed E-state index contributed by atoms with van der Waals surface area (Å²) in [5, 5.41) is 8.88. The molecule has 2 heteroatoms. The molecule has 0 aliphatic rings. The zero-order valence-electron chi connectivity index (χ0n) is 10.2. The highest BCUT2D eigenvalue weighted by Gasteiger charge is 1.99. The molecule has 0 unspecified atom stereocenters. The van der Waals surface area contributed by atoms with Crippen LogP contribution in [0, 0.1) is 0 Å². The maximum atomic E-state index is 8.88. The molecule has 0 aliphatic heterocycles. The Hall–Kier alpha value is -1.38. The Morgan fingerprint density at radius 2 is 1.50 bits per heavy atom. The average Bonchev–Trinajstić information content (AvgIpc) is 2.40. The highest BCUT2D eigenvalue weighted by atomic mass is 79.9. The summed E-state index contributed by atoms with van der Waals surface area (Å²) in [5.74, 6) is 0. The van der Waals surface area contributed by atoms with Gasteiger partial charge >= 0.3 is 0 Å². The quantitative estimate of drug-likeness (QED) is 0.884. The molecule has 0 heterocycles. The zero-order chi connectivity index (χ0) is 13.0. The predicted octanol–water partition coefficient (Wildman–Crippen LogP) is 4.51. The van der Waals surface area contributed by atoms with Crippen LogP contribution in [0.15, 0.2) is 59.1 Å². The summed E-state index contributed by atoms with van der Waals surface area (Å²) >= 11 is 3.43. The van der Waals surface area contributed by atoms with Gasteiger partial charge < -0.3 is 5.11 Å². The van der Waals surface area contributed by atoms with Crippen LogP contribution in [0.3, 0.4) is 0 Å². The smallest absolute Gasteiger partial charge is 0.0618 e. The van der Waals surface area contributed by atoms with E-state index in [9.17, 15) is 0 Å². The van der Waals surface area contributed by atoms with Gasteiger partial charge in [-0.05, 0) is 41.3 Å². The number of benzene rings is 2. The van der Waals surface area contributed by atoms with Crippen LogP contribution < -0.4 is 0 Å². The number of halogens is 1. The maximum Gasteiger partial charge on any atom is 0.0618 e. The van der Waals surface area contributed by atoms with Crippen molar-refractivity contribution in [3.8, 4) is 11.1 Å². The third-order valence-corrected chi connectivity index (χ3v) is 3.44.